The zero-order chi connectivity index (χ0) is 13.3. The first-order valence-corrected chi connectivity index (χ1v) is 5.80. The fraction of sp³-hybridized carbons (Fsp3) is 0.625. The maximum atomic E-state index is 10.4. The van der Waals surface area contributed by atoms with Crippen LogP contribution in [0.3, 0.4) is 0 Å². The van der Waals surface area contributed by atoms with Crippen LogP contribution in [0.15, 0.2) is 4.99 Å². The second kappa shape index (κ2) is 8.65. The van der Waals surface area contributed by atoms with E-state index >= 15 is 0 Å². The lowest BCUT2D eigenvalue weighted by molar-refractivity contribution is -0.139. The molecule has 0 aliphatic carbocycles. The van der Waals surface area contributed by atoms with Gasteiger partial charge in [-0.15, -0.1) is 0 Å². The zero-order valence-electron chi connectivity index (χ0n) is 9.13. The summed E-state index contributed by atoms with van der Waals surface area (Å²) in [4.78, 5) is 24.3. The molecule has 0 heterocycles. The Morgan fingerprint density at radius 3 is 2.59 bits per heavy atom. The van der Waals surface area contributed by atoms with Gasteiger partial charge in [0.15, 0.2) is 5.96 Å². The van der Waals surface area contributed by atoms with Crippen molar-refractivity contribution >= 4 is 29.8 Å². The van der Waals surface area contributed by atoms with Crippen molar-refractivity contribution in [2.75, 3.05) is 12.3 Å². The molecule has 0 spiro atoms. The molecule has 0 aliphatic rings. The van der Waals surface area contributed by atoms with Gasteiger partial charge >= 0.3 is 11.9 Å². The van der Waals surface area contributed by atoms with Gasteiger partial charge in [-0.25, -0.2) is 0 Å². The van der Waals surface area contributed by atoms with E-state index in [1.807, 2.05) is 0 Å². The normalized spacial score (nSPS) is 13.1. The number of guanidine groups is 1. The third-order valence-electron chi connectivity index (χ3n) is 1.63. The highest BCUT2D eigenvalue weighted by atomic mass is 32.2. The number of aliphatic carboxylic acids is 2. The lowest BCUT2D eigenvalue weighted by Gasteiger charge is -2.06. The second-order valence-corrected chi connectivity index (χ2v) is 4.00. The molecule has 0 amide bonds. The molecule has 0 fully saturated rings. The maximum Gasteiger partial charge on any atom is 0.320 e. The van der Waals surface area contributed by atoms with E-state index in [1.165, 1.54) is 11.9 Å². The second-order valence-electron chi connectivity index (χ2n) is 3.09. The topological polar surface area (TPSA) is 151 Å². The van der Waals surface area contributed by atoms with Crippen LogP contribution in [0.2, 0.25) is 0 Å². The van der Waals surface area contributed by atoms with Gasteiger partial charge in [0.2, 0.25) is 0 Å². The quantitative estimate of drug-likeness (QED) is 0.159. The summed E-state index contributed by atoms with van der Waals surface area (Å²) in [6.07, 6.45) is 0.215. The van der Waals surface area contributed by atoms with Crippen molar-refractivity contribution in [3.05, 3.63) is 0 Å². The molecule has 9 heteroatoms. The van der Waals surface area contributed by atoms with Gasteiger partial charge in [0.05, 0.1) is 13.0 Å². The summed E-state index contributed by atoms with van der Waals surface area (Å²) < 4.78 is 2.65. The van der Waals surface area contributed by atoms with Crippen molar-refractivity contribution in [2.24, 2.45) is 16.5 Å². The van der Waals surface area contributed by atoms with Crippen LogP contribution >= 0.6 is 11.9 Å². The molecule has 1 atom stereocenters. The van der Waals surface area contributed by atoms with Crippen LogP contribution in [-0.4, -0.2) is 46.5 Å². The molecular formula is C8H16N4O4S. The van der Waals surface area contributed by atoms with Gasteiger partial charge in [0.1, 0.15) is 6.04 Å². The highest BCUT2D eigenvalue weighted by Gasteiger charge is 2.10. The van der Waals surface area contributed by atoms with Gasteiger partial charge in [0.25, 0.3) is 0 Å². The van der Waals surface area contributed by atoms with E-state index in [1.54, 1.807) is 0 Å². The predicted octanol–water partition coefficient (Wildman–Crippen LogP) is -1.18. The number of rotatable bonds is 8. The molecule has 98 valence electrons. The van der Waals surface area contributed by atoms with Gasteiger partial charge in [-0.1, -0.05) is 11.9 Å². The highest BCUT2D eigenvalue weighted by molar-refractivity contribution is 7.97. The molecule has 0 radical (unpaired) electrons. The standard InChI is InChI=1S/C8H16N4O4S/c9-5(7(15)16)2-4-17-12-8(10)11-3-1-6(13)14/h5H,1-4,9H2,(H,13,14)(H,15,16)(H3,10,11,12). The average Bonchev–Trinajstić information content (AvgIpc) is 2.23. The first-order valence-electron chi connectivity index (χ1n) is 4.81. The number of nitrogens with one attached hydrogen (secondary N) is 1. The number of nitrogens with two attached hydrogens (primary N) is 2. The SMILES string of the molecule is NC(=NCCC(=O)O)NSCCC(N)C(=O)O. The van der Waals surface area contributed by atoms with Crippen LogP contribution < -0.4 is 16.2 Å². The first-order chi connectivity index (χ1) is 7.93. The van der Waals surface area contributed by atoms with E-state index in [0.717, 1.165) is 0 Å². The Morgan fingerprint density at radius 1 is 1.41 bits per heavy atom. The van der Waals surface area contributed by atoms with Gasteiger partial charge in [0, 0.05) is 5.75 Å². The molecule has 17 heavy (non-hydrogen) atoms. The third-order valence-corrected chi connectivity index (χ3v) is 2.43. The van der Waals surface area contributed by atoms with Crippen LogP contribution in [0.5, 0.6) is 0 Å². The minimum Gasteiger partial charge on any atom is -0.481 e. The van der Waals surface area contributed by atoms with Crippen LogP contribution in [0.25, 0.3) is 0 Å². The van der Waals surface area contributed by atoms with Crippen LogP contribution in [0.1, 0.15) is 12.8 Å². The number of carboxylic acid groups (broad SMARTS) is 2. The van der Waals surface area contributed by atoms with Crippen LogP contribution in [0.4, 0.5) is 0 Å². The summed E-state index contributed by atoms with van der Waals surface area (Å²) in [5.41, 5.74) is 10.7. The molecule has 0 aromatic heterocycles. The van der Waals surface area contributed by atoms with E-state index in [2.05, 4.69) is 9.71 Å². The number of nitrogens with zero attached hydrogens (tertiary/aromatic N) is 1. The summed E-state index contributed by atoms with van der Waals surface area (Å²) in [7, 11) is 0. The van der Waals surface area contributed by atoms with Gasteiger partial charge in [-0.2, -0.15) is 0 Å². The highest BCUT2D eigenvalue weighted by Crippen LogP contribution is 1.99. The first kappa shape index (κ1) is 15.5. The van der Waals surface area contributed by atoms with Gasteiger partial charge in [-0.3, -0.25) is 14.6 Å². The Bertz CT molecular complexity index is 297. The molecule has 0 aromatic rings. The summed E-state index contributed by atoms with van der Waals surface area (Å²) in [5, 5.41) is 16.8. The molecule has 7 N–H and O–H groups in total. The Kier molecular flexibility index (Phi) is 7.89. The molecule has 0 aliphatic heterocycles. The van der Waals surface area contributed by atoms with E-state index < -0.39 is 18.0 Å². The van der Waals surface area contributed by atoms with E-state index in [-0.39, 0.29) is 18.9 Å². The summed E-state index contributed by atoms with van der Waals surface area (Å²) >= 11 is 1.17. The largest absolute Gasteiger partial charge is 0.481 e. The van der Waals surface area contributed by atoms with Crippen molar-refractivity contribution < 1.29 is 19.8 Å². The maximum absolute atomic E-state index is 10.4. The number of carboxylic acids is 2. The summed E-state index contributed by atoms with van der Waals surface area (Å²) in [6.45, 7) is 0.101. The molecular weight excluding hydrogens is 248 g/mol. The predicted molar refractivity (Wildman–Crippen MR) is 64.6 cm³/mol. The van der Waals surface area contributed by atoms with Crippen molar-refractivity contribution in [1.29, 1.82) is 0 Å². The van der Waals surface area contributed by atoms with Crippen LogP contribution in [0, 0.1) is 0 Å². The van der Waals surface area contributed by atoms with E-state index in [4.69, 9.17) is 21.7 Å². The average molecular weight is 264 g/mol. The number of aliphatic imine (C=N–C) groups is 1. The van der Waals surface area contributed by atoms with Crippen molar-refractivity contribution in [3.63, 3.8) is 0 Å². The van der Waals surface area contributed by atoms with Crippen molar-refractivity contribution in [2.45, 2.75) is 18.9 Å². The Morgan fingerprint density at radius 2 is 2.06 bits per heavy atom. The van der Waals surface area contributed by atoms with Crippen molar-refractivity contribution in [3.8, 4) is 0 Å². The van der Waals surface area contributed by atoms with Gasteiger partial charge < -0.3 is 26.4 Å². The number of hydrogen-bond donors (Lipinski definition) is 5. The Labute approximate surface area is 103 Å². The molecule has 8 nitrogen and oxygen atoms in total. The minimum absolute atomic E-state index is 0.0864. The van der Waals surface area contributed by atoms with E-state index in [0.29, 0.717) is 12.2 Å². The third kappa shape index (κ3) is 9.45. The fourth-order valence-corrected chi connectivity index (χ4v) is 1.42. The molecule has 0 bridgehead atoms. The smallest absolute Gasteiger partial charge is 0.320 e. The van der Waals surface area contributed by atoms with Gasteiger partial charge in [-0.05, 0) is 6.42 Å². The number of hydrogen-bond acceptors (Lipinski definition) is 5. The van der Waals surface area contributed by atoms with Crippen molar-refractivity contribution in [1.82, 2.24) is 4.72 Å². The lowest BCUT2D eigenvalue weighted by atomic mass is 10.2. The molecule has 1 unspecified atom stereocenters. The van der Waals surface area contributed by atoms with E-state index in [9.17, 15) is 9.59 Å². The Hall–Kier alpha value is -1.48. The minimum atomic E-state index is -1.05. The number of carbonyl (C=O) groups is 2. The zero-order valence-corrected chi connectivity index (χ0v) is 9.94. The van der Waals surface area contributed by atoms with Crippen LogP contribution in [-0.2, 0) is 9.59 Å². The fourth-order valence-electron chi connectivity index (χ4n) is 0.739. The monoisotopic (exact) mass is 264 g/mol. The summed E-state index contributed by atoms with van der Waals surface area (Å²) in [5.74, 6) is -1.42. The molecule has 0 rings (SSSR count). The molecule has 0 saturated carbocycles. The lowest BCUT2D eigenvalue weighted by Crippen LogP contribution is -2.32. The Balaban J connectivity index is 3.60. The molecule has 0 saturated heterocycles. The molecule has 0 aromatic carbocycles. The summed E-state index contributed by atoms with van der Waals surface area (Å²) in [6, 6.07) is -0.894.